The Morgan fingerprint density at radius 3 is 2.17 bits per heavy atom. The first-order valence-electron chi connectivity index (χ1n) is 17.1. The van der Waals surface area contributed by atoms with E-state index < -0.39 is 0 Å². The zero-order valence-electron chi connectivity index (χ0n) is 26.0. The van der Waals surface area contributed by atoms with Crippen molar-refractivity contribution in [1.29, 1.82) is 0 Å². The number of unbranched alkanes of at least 4 members (excludes halogenated alkanes) is 1. The lowest BCUT2D eigenvalue weighted by Crippen LogP contribution is -2.67. The molecule has 1 aliphatic heterocycles. The Morgan fingerprint density at radius 2 is 1.50 bits per heavy atom. The highest BCUT2D eigenvalue weighted by Crippen LogP contribution is 2.53. The van der Waals surface area contributed by atoms with E-state index >= 15 is 0 Å². The number of pyridine rings is 1. The minimum absolute atomic E-state index is 0.0464. The van der Waals surface area contributed by atoms with E-state index in [2.05, 4.69) is 81.8 Å². The summed E-state index contributed by atoms with van der Waals surface area (Å²) in [4.78, 5) is 0. The fourth-order valence-electron chi connectivity index (χ4n) is 9.91. The van der Waals surface area contributed by atoms with Crippen LogP contribution < -0.4 is 4.57 Å². The highest BCUT2D eigenvalue weighted by atomic mass is 15.1. The quantitative estimate of drug-likeness (QED) is 0.277. The van der Waals surface area contributed by atoms with Crippen LogP contribution in [0.5, 0.6) is 0 Å². The second-order valence-electron chi connectivity index (χ2n) is 14.7. The molecular weight excluding hydrogens is 482 g/mol. The molecule has 5 aliphatic rings. The van der Waals surface area contributed by atoms with Crippen LogP contribution in [0.3, 0.4) is 0 Å². The molecule has 3 aromatic rings. The molecule has 0 amide bonds. The van der Waals surface area contributed by atoms with Crippen LogP contribution in [-0.2, 0) is 11.0 Å². The Balaban J connectivity index is 1.39. The molecule has 0 N–H and O–H groups in total. The van der Waals surface area contributed by atoms with Crippen LogP contribution in [0.2, 0.25) is 0 Å². The summed E-state index contributed by atoms with van der Waals surface area (Å²) in [5, 5.41) is 2.92. The van der Waals surface area contributed by atoms with Gasteiger partial charge in [0.05, 0.1) is 11.0 Å². The normalized spacial score (nSPS) is 32.5. The average molecular weight is 535 g/mol. The van der Waals surface area contributed by atoms with Crippen molar-refractivity contribution in [3.8, 4) is 11.3 Å². The highest BCUT2D eigenvalue weighted by molar-refractivity contribution is 5.87. The van der Waals surface area contributed by atoms with Crippen molar-refractivity contribution in [2.24, 2.45) is 5.92 Å². The molecule has 1 nitrogen and oxygen atoms in total. The maximum absolute atomic E-state index is 2.74. The monoisotopic (exact) mass is 534 g/mol. The summed E-state index contributed by atoms with van der Waals surface area (Å²) in [7, 11) is 0. The second-order valence-corrected chi connectivity index (χ2v) is 14.7. The number of hydrogen-bond acceptors (Lipinski definition) is 0. The van der Waals surface area contributed by atoms with E-state index in [0.29, 0.717) is 0 Å². The number of nitrogens with zero attached hydrogens (tertiary/aromatic N) is 1. The summed E-state index contributed by atoms with van der Waals surface area (Å²) < 4.78 is 2.74. The van der Waals surface area contributed by atoms with Gasteiger partial charge in [0.25, 0.3) is 0 Å². The average Bonchev–Trinajstić information content (AvgIpc) is 3.01. The van der Waals surface area contributed by atoms with E-state index in [0.717, 1.165) is 36.5 Å². The molecule has 2 heterocycles. The predicted octanol–water partition coefficient (Wildman–Crippen LogP) is 10.8. The summed E-state index contributed by atoms with van der Waals surface area (Å²) in [5.74, 6) is 3.24. The fourth-order valence-corrected chi connectivity index (χ4v) is 9.91. The molecule has 2 fully saturated rings. The third kappa shape index (κ3) is 3.89. The summed E-state index contributed by atoms with van der Waals surface area (Å²) in [6.45, 7) is 12.3. The van der Waals surface area contributed by atoms with Gasteiger partial charge in [0.15, 0.2) is 11.7 Å². The lowest BCUT2D eigenvalue weighted by molar-refractivity contribution is -0.764. The van der Waals surface area contributed by atoms with Gasteiger partial charge in [0.2, 0.25) is 5.69 Å². The van der Waals surface area contributed by atoms with E-state index in [1.54, 1.807) is 22.3 Å². The number of hydrogen-bond donors (Lipinski definition) is 0. The Hall–Kier alpha value is -2.15. The van der Waals surface area contributed by atoms with E-state index in [9.17, 15) is 0 Å². The van der Waals surface area contributed by atoms with Gasteiger partial charge in [-0.3, -0.25) is 0 Å². The Morgan fingerprint density at radius 1 is 0.775 bits per heavy atom. The Bertz CT molecular complexity index is 1420. The van der Waals surface area contributed by atoms with Crippen molar-refractivity contribution >= 4 is 10.8 Å². The van der Waals surface area contributed by atoms with Gasteiger partial charge >= 0.3 is 0 Å². The zero-order valence-corrected chi connectivity index (χ0v) is 26.0. The molecule has 1 heteroatoms. The van der Waals surface area contributed by atoms with E-state index in [4.69, 9.17) is 0 Å². The van der Waals surface area contributed by atoms with Crippen LogP contribution in [0.15, 0.2) is 42.6 Å². The number of fused-ring (bicyclic) bond motifs is 6. The maximum atomic E-state index is 2.74. The SMILES string of the molecule is CCCCC1CCCC(c2ccc3c(c2)-c2cc4cc5c(cc4c[n+]2C(C)(CC)C3(C)CC)C2CCC5CC2)C1. The van der Waals surface area contributed by atoms with Crippen molar-refractivity contribution in [2.75, 3.05) is 0 Å². The van der Waals surface area contributed by atoms with Crippen LogP contribution in [0.25, 0.3) is 22.0 Å². The van der Waals surface area contributed by atoms with Gasteiger partial charge in [-0.2, -0.15) is 4.57 Å². The lowest BCUT2D eigenvalue weighted by Gasteiger charge is -2.46. The predicted molar refractivity (Wildman–Crippen MR) is 169 cm³/mol. The molecule has 212 valence electrons. The summed E-state index contributed by atoms with van der Waals surface area (Å²) in [6.07, 6.45) is 20.2. The van der Waals surface area contributed by atoms with Gasteiger partial charge in [0.1, 0.15) is 0 Å². The molecule has 2 saturated carbocycles. The first-order valence-corrected chi connectivity index (χ1v) is 17.1. The number of aromatic nitrogens is 1. The fraction of sp³-hybridized carbons (Fsp3) is 0.615. The van der Waals surface area contributed by atoms with Gasteiger partial charge in [-0.25, -0.2) is 0 Å². The first-order chi connectivity index (χ1) is 19.4. The largest absolute Gasteiger partial charge is 0.213 e. The summed E-state index contributed by atoms with van der Waals surface area (Å²) >= 11 is 0. The number of benzene rings is 2. The summed E-state index contributed by atoms with van der Waals surface area (Å²) in [5.41, 5.74) is 9.67. The van der Waals surface area contributed by atoms with Crippen molar-refractivity contribution in [1.82, 2.24) is 0 Å². The van der Waals surface area contributed by atoms with Gasteiger partial charge in [-0.05, 0) is 115 Å². The van der Waals surface area contributed by atoms with E-state index in [1.165, 1.54) is 92.7 Å². The molecule has 0 radical (unpaired) electrons. The minimum atomic E-state index is 0.0464. The number of rotatable bonds is 6. The van der Waals surface area contributed by atoms with Crippen LogP contribution in [0.4, 0.5) is 0 Å². The van der Waals surface area contributed by atoms with Gasteiger partial charge in [-0.1, -0.05) is 71.1 Å². The molecule has 40 heavy (non-hydrogen) atoms. The molecule has 0 saturated heterocycles. The van der Waals surface area contributed by atoms with Gasteiger partial charge in [-0.15, -0.1) is 0 Å². The zero-order chi connectivity index (χ0) is 27.6. The van der Waals surface area contributed by atoms with Crippen LogP contribution >= 0.6 is 0 Å². The third-order valence-electron chi connectivity index (χ3n) is 13.0. The molecule has 2 bridgehead atoms. The molecule has 2 aromatic carbocycles. The van der Waals surface area contributed by atoms with Crippen LogP contribution in [-0.4, -0.2) is 0 Å². The molecule has 1 aromatic heterocycles. The molecular formula is C39H52N+. The van der Waals surface area contributed by atoms with Gasteiger partial charge in [0, 0.05) is 24.8 Å². The van der Waals surface area contributed by atoms with Crippen LogP contribution in [0, 0.1) is 5.92 Å². The highest BCUT2D eigenvalue weighted by Gasteiger charge is 2.56. The van der Waals surface area contributed by atoms with E-state index in [1.807, 2.05) is 0 Å². The van der Waals surface area contributed by atoms with Crippen molar-refractivity contribution < 1.29 is 4.57 Å². The topological polar surface area (TPSA) is 3.88 Å². The maximum Gasteiger partial charge on any atom is 0.213 e. The Kier molecular flexibility index (Phi) is 6.68. The van der Waals surface area contributed by atoms with Crippen molar-refractivity contribution in [3.63, 3.8) is 0 Å². The molecule has 0 spiro atoms. The minimum Gasteiger partial charge on any atom is -0.192 e. The molecule has 4 atom stereocenters. The second kappa shape index (κ2) is 9.99. The molecule has 8 rings (SSSR count). The van der Waals surface area contributed by atoms with Crippen molar-refractivity contribution in [3.05, 3.63) is 64.8 Å². The van der Waals surface area contributed by atoms with E-state index in [-0.39, 0.29) is 11.0 Å². The van der Waals surface area contributed by atoms with Crippen molar-refractivity contribution in [2.45, 2.75) is 147 Å². The van der Waals surface area contributed by atoms with Crippen LogP contribution in [0.1, 0.15) is 158 Å². The third-order valence-corrected chi connectivity index (χ3v) is 13.0. The standard InChI is InChI=1S/C39H52N/c1-6-9-11-26-12-10-13-29(20-26)30-18-19-36-35(21-30)37-24-31-22-33-27-14-16-28(17-15-27)34(33)23-32(31)25-40(37)39(5,8-3)38(36,4)7-2/h18-19,21-29H,6-17,20H2,1-5H3/q+1. The Labute approximate surface area is 243 Å². The first kappa shape index (κ1) is 26.7. The van der Waals surface area contributed by atoms with Gasteiger partial charge < -0.3 is 0 Å². The lowest BCUT2D eigenvalue weighted by atomic mass is 9.60. The summed E-state index contributed by atoms with van der Waals surface area (Å²) in [6, 6.07) is 15.6. The smallest absolute Gasteiger partial charge is 0.192 e. The molecule has 4 aliphatic carbocycles. The molecule has 4 unspecified atom stereocenters.